The van der Waals surface area contributed by atoms with Gasteiger partial charge in [0.05, 0.1) is 4.21 Å². The first kappa shape index (κ1) is 32.2. The van der Waals surface area contributed by atoms with Gasteiger partial charge in [-0.15, -0.1) is 11.3 Å². The molecule has 46 heavy (non-hydrogen) atoms. The van der Waals surface area contributed by atoms with Crippen molar-refractivity contribution in [3.63, 3.8) is 0 Å². The van der Waals surface area contributed by atoms with Gasteiger partial charge in [-0.05, 0) is 113 Å². The summed E-state index contributed by atoms with van der Waals surface area (Å²) in [6.07, 6.45) is 0. The lowest BCUT2D eigenvalue weighted by molar-refractivity contribution is 0.0739. The lowest BCUT2D eigenvalue weighted by atomic mass is 9.87. The Morgan fingerprint density at radius 3 is 1.54 bits per heavy atom. The lowest BCUT2D eigenvalue weighted by Gasteiger charge is -2.18. The highest BCUT2D eigenvalue weighted by molar-refractivity contribution is 8.01. The molecule has 1 heterocycles. The molecule has 232 valence electrons. The molecule has 6 aromatic rings. The van der Waals surface area contributed by atoms with Gasteiger partial charge in [0.2, 0.25) is 0 Å². The Morgan fingerprint density at radius 1 is 0.587 bits per heavy atom. The topological polar surface area (TPSA) is 18.5 Å². The summed E-state index contributed by atoms with van der Waals surface area (Å²) in [5, 5.41) is 7.93. The Hall–Kier alpha value is -3.77. The third kappa shape index (κ3) is 6.55. The van der Waals surface area contributed by atoms with Crippen LogP contribution < -0.4 is 0 Å². The number of benzene rings is 5. The highest BCUT2D eigenvalue weighted by atomic mass is 32.2. The third-order valence-corrected chi connectivity index (χ3v) is 10.8. The molecule has 0 N–H and O–H groups in total. The van der Waals surface area contributed by atoms with Crippen LogP contribution >= 0.6 is 23.1 Å². The van der Waals surface area contributed by atoms with Gasteiger partial charge in [-0.2, -0.15) is 0 Å². The normalized spacial score (nSPS) is 12.4. The van der Waals surface area contributed by atoms with E-state index in [1.165, 1.54) is 35.5 Å². The zero-order valence-electron chi connectivity index (χ0n) is 28.1. The van der Waals surface area contributed by atoms with Crippen molar-refractivity contribution >= 4 is 65.5 Å². The van der Waals surface area contributed by atoms with Gasteiger partial charge in [-0.3, -0.25) is 0 Å². The van der Waals surface area contributed by atoms with E-state index in [9.17, 15) is 0 Å². The SMILES string of the molecule is COC(C)(C)C#Cc1c2cc3ccccc3cc2c(C#CC(C)(C)OC)c2cc3sc(Sc4ccc(C(C)(C)C)cc4)cc3cc12. The van der Waals surface area contributed by atoms with Crippen LogP contribution in [0.4, 0.5) is 0 Å². The number of hydrogen-bond acceptors (Lipinski definition) is 4. The number of hydrogen-bond donors (Lipinski definition) is 0. The Morgan fingerprint density at radius 2 is 1.07 bits per heavy atom. The Kier molecular flexibility index (Phi) is 8.47. The molecule has 0 aliphatic rings. The first-order chi connectivity index (χ1) is 21.8. The molecular weight excluding hydrogens is 601 g/mol. The monoisotopic (exact) mass is 640 g/mol. The van der Waals surface area contributed by atoms with Crippen LogP contribution in [0.3, 0.4) is 0 Å². The standard InChI is InChI=1S/C42H40O2S2/c1-40(2,3)30-14-16-31(17-15-30)45-39-25-29-24-36-32(18-20-41(4,5)43-8)34-22-27-12-10-11-13-28(27)23-35(34)33(19-21-42(6,7)44-9)37(36)26-38(29)46-39/h10-17,22-26H,1-9H3. The van der Waals surface area contributed by atoms with Crippen LogP contribution in [0.5, 0.6) is 0 Å². The second kappa shape index (κ2) is 12.1. The van der Waals surface area contributed by atoms with Crippen molar-refractivity contribution in [2.75, 3.05) is 14.2 Å². The first-order valence-corrected chi connectivity index (χ1v) is 17.2. The van der Waals surface area contributed by atoms with E-state index >= 15 is 0 Å². The minimum absolute atomic E-state index is 0.133. The van der Waals surface area contributed by atoms with Crippen molar-refractivity contribution in [1.82, 2.24) is 0 Å². The predicted octanol–water partition coefficient (Wildman–Crippen LogP) is 11.4. The summed E-state index contributed by atoms with van der Waals surface area (Å²) < 4.78 is 13.9. The van der Waals surface area contributed by atoms with Crippen molar-refractivity contribution in [3.8, 4) is 23.7 Å². The van der Waals surface area contributed by atoms with Crippen LogP contribution in [0.2, 0.25) is 0 Å². The fraction of sp³-hybridized carbons (Fsp3) is 0.286. The summed E-state index contributed by atoms with van der Waals surface area (Å²) in [6.45, 7) is 14.8. The van der Waals surface area contributed by atoms with Gasteiger partial charge in [0.25, 0.3) is 0 Å². The van der Waals surface area contributed by atoms with E-state index in [2.05, 4.69) is 123 Å². The molecule has 2 nitrogen and oxygen atoms in total. The van der Waals surface area contributed by atoms with E-state index in [0.29, 0.717) is 0 Å². The second-order valence-corrected chi connectivity index (χ2v) is 16.3. The minimum atomic E-state index is -0.588. The Balaban J connectivity index is 1.64. The molecule has 6 rings (SSSR count). The summed E-state index contributed by atoms with van der Waals surface area (Å²) in [6, 6.07) is 28.9. The zero-order chi connectivity index (χ0) is 32.9. The second-order valence-electron chi connectivity index (χ2n) is 13.8. The maximum atomic E-state index is 5.71. The van der Waals surface area contributed by atoms with Crippen molar-refractivity contribution < 1.29 is 9.47 Å². The van der Waals surface area contributed by atoms with Crippen LogP contribution in [-0.4, -0.2) is 25.4 Å². The smallest absolute Gasteiger partial charge is 0.123 e. The van der Waals surface area contributed by atoms with Crippen LogP contribution in [0.1, 0.15) is 65.2 Å². The molecule has 0 bridgehead atoms. The lowest BCUT2D eigenvalue weighted by Crippen LogP contribution is -2.19. The van der Waals surface area contributed by atoms with Gasteiger partial charge in [0.15, 0.2) is 0 Å². The Labute approximate surface area is 281 Å². The highest BCUT2D eigenvalue weighted by Crippen LogP contribution is 2.42. The molecule has 0 saturated heterocycles. The molecule has 0 aliphatic heterocycles. The number of fused-ring (bicyclic) bond motifs is 4. The average molecular weight is 641 g/mol. The third-order valence-electron chi connectivity index (χ3n) is 8.53. The van der Waals surface area contributed by atoms with Gasteiger partial charge in [-0.1, -0.05) is 92.6 Å². The van der Waals surface area contributed by atoms with Gasteiger partial charge >= 0.3 is 0 Å². The molecule has 4 heteroatoms. The van der Waals surface area contributed by atoms with Gasteiger partial charge < -0.3 is 9.47 Å². The molecule has 0 spiro atoms. The molecular formula is C42H40O2S2. The van der Waals surface area contributed by atoms with Crippen molar-refractivity contribution in [2.45, 2.75) is 74.2 Å². The van der Waals surface area contributed by atoms with E-state index in [1.54, 1.807) is 14.2 Å². The molecule has 5 aromatic carbocycles. The number of rotatable bonds is 4. The fourth-order valence-corrected chi connectivity index (χ4v) is 7.64. The summed E-state index contributed by atoms with van der Waals surface area (Å²) in [4.78, 5) is 1.24. The van der Waals surface area contributed by atoms with Crippen molar-refractivity contribution in [1.29, 1.82) is 0 Å². The molecule has 1 aromatic heterocycles. The summed E-state index contributed by atoms with van der Waals surface area (Å²) in [5.41, 5.74) is 2.30. The fourth-order valence-electron chi connectivity index (χ4n) is 5.41. The van der Waals surface area contributed by atoms with E-state index in [0.717, 1.165) is 32.7 Å². The van der Waals surface area contributed by atoms with Crippen LogP contribution in [-0.2, 0) is 14.9 Å². The molecule has 0 atom stereocenters. The Bertz CT molecular complexity index is 2110. The van der Waals surface area contributed by atoms with Crippen LogP contribution in [0.15, 0.2) is 88.0 Å². The van der Waals surface area contributed by atoms with Crippen LogP contribution in [0.25, 0.3) is 42.4 Å². The van der Waals surface area contributed by atoms with Crippen molar-refractivity contribution in [3.05, 3.63) is 95.6 Å². The average Bonchev–Trinajstić information content (AvgIpc) is 3.41. The predicted molar refractivity (Wildman–Crippen MR) is 200 cm³/mol. The number of thiophene rings is 1. The summed E-state index contributed by atoms with van der Waals surface area (Å²) in [7, 11) is 3.42. The number of ether oxygens (including phenoxy) is 2. The van der Waals surface area contributed by atoms with Crippen LogP contribution in [0, 0.1) is 23.7 Å². The van der Waals surface area contributed by atoms with E-state index in [-0.39, 0.29) is 5.41 Å². The molecule has 0 amide bonds. The van der Waals surface area contributed by atoms with Gasteiger partial charge in [0.1, 0.15) is 11.2 Å². The van der Waals surface area contributed by atoms with E-state index in [4.69, 9.17) is 9.47 Å². The highest BCUT2D eigenvalue weighted by Gasteiger charge is 2.19. The molecule has 0 fully saturated rings. The molecule has 0 aliphatic carbocycles. The molecule has 0 saturated carbocycles. The maximum absolute atomic E-state index is 5.71. The summed E-state index contributed by atoms with van der Waals surface area (Å²) >= 11 is 3.64. The van der Waals surface area contributed by atoms with E-state index in [1.807, 2.05) is 50.8 Å². The van der Waals surface area contributed by atoms with E-state index < -0.39 is 11.2 Å². The minimum Gasteiger partial charge on any atom is -0.366 e. The summed E-state index contributed by atoms with van der Waals surface area (Å²) in [5.74, 6) is 14.0. The number of methoxy groups -OCH3 is 2. The van der Waals surface area contributed by atoms with Gasteiger partial charge in [0, 0.05) is 40.3 Å². The largest absolute Gasteiger partial charge is 0.366 e. The quantitative estimate of drug-likeness (QED) is 0.141. The molecule has 0 unspecified atom stereocenters. The van der Waals surface area contributed by atoms with Crippen molar-refractivity contribution in [2.24, 2.45) is 0 Å². The molecule has 0 radical (unpaired) electrons. The maximum Gasteiger partial charge on any atom is 0.123 e. The van der Waals surface area contributed by atoms with Gasteiger partial charge in [-0.25, -0.2) is 0 Å². The first-order valence-electron chi connectivity index (χ1n) is 15.6. The zero-order valence-corrected chi connectivity index (χ0v) is 29.8.